The van der Waals surface area contributed by atoms with Crippen molar-refractivity contribution in [3.63, 3.8) is 0 Å². The third-order valence-corrected chi connectivity index (χ3v) is 4.20. The first kappa shape index (κ1) is 12.9. The average Bonchev–Trinajstić information content (AvgIpc) is 3.03. The number of aromatic amines is 1. The molecule has 1 aliphatic rings. The molecule has 0 aliphatic heterocycles. The summed E-state index contributed by atoms with van der Waals surface area (Å²) in [5.41, 5.74) is 4.38. The zero-order valence-corrected chi connectivity index (χ0v) is 13.3. The molecule has 0 spiro atoms. The van der Waals surface area contributed by atoms with Gasteiger partial charge in [0.15, 0.2) is 0 Å². The van der Waals surface area contributed by atoms with Crippen LogP contribution in [0.2, 0.25) is 0 Å². The molecule has 0 unspecified atom stereocenters. The van der Waals surface area contributed by atoms with Gasteiger partial charge in [-0.2, -0.15) is 0 Å². The molecule has 1 heterocycles. The first-order chi connectivity index (χ1) is 9.33. The van der Waals surface area contributed by atoms with Gasteiger partial charge in [-0.15, -0.1) is 0 Å². The van der Waals surface area contributed by atoms with Gasteiger partial charge < -0.3 is 0 Å². The molecule has 3 aromatic rings. The Kier molecular flexibility index (Phi) is 3.98. The number of para-hydroxylation sites is 1. The van der Waals surface area contributed by atoms with Crippen molar-refractivity contribution in [2.75, 3.05) is 0 Å². The van der Waals surface area contributed by atoms with Gasteiger partial charge >= 0.3 is 74.3 Å². The molecule has 2 heteroatoms. The van der Waals surface area contributed by atoms with Crippen molar-refractivity contribution in [1.82, 2.24) is 4.98 Å². The summed E-state index contributed by atoms with van der Waals surface area (Å²) in [4.78, 5) is 3.30. The van der Waals surface area contributed by atoms with Gasteiger partial charge in [0, 0.05) is 0 Å². The Labute approximate surface area is 128 Å². The van der Waals surface area contributed by atoms with E-state index in [4.69, 9.17) is 0 Å². The SMILES string of the molecule is [Zr][c]1cc2ccccc2[nH]1.c1ccc2c(c1)CCC2. The molecule has 1 nitrogen and oxygen atoms in total. The van der Waals surface area contributed by atoms with Crippen LogP contribution in [0.1, 0.15) is 17.5 Å². The number of rotatable bonds is 0. The van der Waals surface area contributed by atoms with E-state index in [1.54, 1.807) is 11.1 Å². The molecule has 19 heavy (non-hydrogen) atoms. The molecule has 4 rings (SSSR count). The number of aryl methyl sites for hydroxylation is 2. The standard InChI is InChI=1S/C9H10.C8H6N.Zr/c1-2-5-9-7-3-6-8(9)4-1;1-2-4-8-7(3-1)5-6-9-8;/h1-2,4-5H,3,6-7H2;1-5,9H;. The predicted octanol–water partition coefficient (Wildman–Crippen LogP) is 3.52. The largest absolute Gasteiger partial charge is 0.0620 e. The van der Waals surface area contributed by atoms with Crippen molar-refractivity contribution >= 4 is 14.3 Å². The van der Waals surface area contributed by atoms with Gasteiger partial charge in [0.2, 0.25) is 0 Å². The number of benzene rings is 2. The molecule has 0 fully saturated rings. The van der Waals surface area contributed by atoms with E-state index in [2.05, 4.69) is 53.5 Å². The smallest absolute Gasteiger partial charge is 0.0273 e. The first-order valence-corrected chi connectivity index (χ1v) is 7.92. The van der Waals surface area contributed by atoms with Gasteiger partial charge in [-0.05, 0) is 30.4 Å². The summed E-state index contributed by atoms with van der Waals surface area (Å²) in [6, 6.07) is 19.3. The Morgan fingerprint density at radius 1 is 0.842 bits per heavy atom. The first-order valence-electron chi connectivity index (χ1n) is 6.69. The van der Waals surface area contributed by atoms with Crippen molar-refractivity contribution in [2.45, 2.75) is 19.3 Å². The minimum atomic E-state index is 1.24. The molecule has 1 aromatic heterocycles. The molecule has 0 radical (unpaired) electrons. The van der Waals surface area contributed by atoms with Crippen LogP contribution in [0, 0.1) is 0 Å². The topological polar surface area (TPSA) is 15.8 Å². The number of H-pyrrole nitrogens is 1. The predicted molar refractivity (Wildman–Crippen MR) is 76.4 cm³/mol. The molecule has 2 aromatic carbocycles. The zero-order valence-electron chi connectivity index (χ0n) is 10.8. The van der Waals surface area contributed by atoms with Crippen LogP contribution < -0.4 is 3.40 Å². The van der Waals surface area contributed by atoms with Crippen molar-refractivity contribution < 1.29 is 24.7 Å². The van der Waals surface area contributed by atoms with E-state index < -0.39 is 0 Å². The monoisotopic (exact) mass is 324 g/mol. The molecule has 0 atom stereocenters. The second-order valence-corrected chi connectivity index (χ2v) is 6.22. The minimum Gasteiger partial charge on any atom is -0.0620 e. The van der Waals surface area contributed by atoms with Crippen LogP contribution in [0.15, 0.2) is 54.6 Å². The van der Waals surface area contributed by atoms with Crippen molar-refractivity contribution in [3.8, 4) is 0 Å². The van der Waals surface area contributed by atoms with E-state index in [0.717, 1.165) is 0 Å². The minimum absolute atomic E-state index is 1.24. The summed E-state index contributed by atoms with van der Waals surface area (Å²) in [6.07, 6.45) is 3.96. The number of aromatic nitrogens is 1. The number of hydrogen-bond donors (Lipinski definition) is 1. The quantitative estimate of drug-likeness (QED) is 0.651. The van der Waals surface area contributed by atoms with Gasteiger partial charge in [-0.3, -0.25) is 0 Å². The van der Waals surface area contributed by atoms with Crippen molar-refractivity contribution in [1.29, 1.82) is 0 Å². The van der Waals surface area contributed by atoms with Gasteiger partial charge in [0.25, 0.3) is 0 Å². The van der Waals surface area contributed by atoms with E-state index in [1.165, 1.54) is 58.3 Å². The molecule has 0 bridgehead atoms. The fourth-order valence-corrected chi connectivity index (χ4v) is 3.30. The zero-order chi connectivity index (χ0) is 13.1. The van der Waals surface area contributed by atoms with Gasteiger partial charge in [0.05, 0.1) is 0 Å². The maximum Gasteiger partial charge on any atom is -0.0273 e. The van der Waals surface area contributed by atoms with Crippen LogP contribution in [-0.4, -0.2) is 4.98 Å². The third-order valence-electron chi connectivity index (χ3n) is 3.54. The van der Waals surface area contributed by atoms with Crippen molar-refractivity contribution in [3.05, 3.63) is 65.7 Å². The van der Waals surface area contributed by atoms with E-state index in [0.29, 0.717) is 0 Å². The average molecular weight is 326 g/mol. The van der Waals surface area contributed by atoms with Gasteiger partial charge in [-0.25, -0.2) is 0 Å². The molecular weight excluding hydrogens is 309 g/mol. The maximum atomic E-state index is 3.30. The summed E-state index contributed by atoms with van der Waals surface area (Å²) < 4.78 is 1.31. The van der Waals surface area contributed by atoms with Crippen LogP contribution >= 0.6 is 0 Å². The Balaban J connectivity index is 0.000000117. The van der Waals surface area contributed by atoms with E-state index in [-0.39, 0.29) is 0 Å². The second kappa shape index (κ2) is 5.88. The molecule has 0 saturated carbocycles. The summed E-state index contributed by atoms with van der Waals surface area (Å²) in [5, 5.41) is 1.31. The molecule has 1 aliphatic carbocycles. The van der Waals surface area contributed by atoms with Crippen LogP contribution in [-0.2, 0) is 37.6 Å². The molecule has 93 valence electrons. The molecule has 1 N–H and O–H groups in total. The number of fused-ring (bicyclic) bond motifs is 2. The van der Waals surface area contributed by atoms with Crippen LogP contribution in [0.3, 0.4) is 0 Å². The number of hydrogen-bond acceptors (Lipinski definition) is 0. The van der Waals surface area contributed by atoms with Crippen molar-refractivity contribution in [2.24, 2.45) is 0 Å². The van der Waals surface area contributed by atoms with Gasteiger partial charge in [0.1, 0.15) is 0 Å². The molecule has 0 saturated heterocycles. The van der Waals surface area contributed by atoms with E-state index in [9.17, 15) is 0 Å². The summed E-state index contributed by atoms with van der Waals surface area (Å²) in [7, 11) is 0. The third kappa shape index (κ3) is 3.06. The maximum absolute atomic E-state index is 3.30. The summed E-state index contributed by atoms with van der Waals surface area (Å²) >= 11 is 1.45. The second-order valence-electron chi connectivity index (χ2n) is 4.89. The van der Waals surface area contributed by atoms with Crippen LogP contribution in [0.5, 0.6) is 0 Å². The van der Waals surface area contributed by atoms with Crippen LogP contribution in [0.25, 0.3) is 10.9 Å². The summed E-state index contributed by atoms with van der Waals surface area (Å²) in [6.45, 7) is 0. The van der Waals surface area contributed by atoms with E-state index in [1.807, 2.05) is 6.07 Å². The Morgan fingerprint density at radius 3 is 2.16 bits per heavy atom. The fourth-order valence-electron chi connectivity index (χ4n) is 2.59. The van der Waals surface area contributed by atoms with E-state index >= 15 is 0 Å². The number of nitrogens with one attached hydrogen (secondary N) is 1. The summed E-state index contributed by atoms with van der Waals surface area (Å²) in [5.74, 6) is 0. The van der Waals surface area contributed by atoms with Crippen LogP contribution in [0.4, 0.5) is 0 Å². The Morgan fingerprint density at radius 2 is 1.47 bits per heavy atom. The fraction of sp³-hybridized carbons (Fsp3) is 0.176. The Hall–Kier alpha value is -1.14. The Bertz CT molecular complexity index is 628. The normalized spacial score (nSPS) is 12.8. The molecular formula is C17H16NZr. The van der Waals surface area contributed by atoms with Gasteiger partial charge in [-0.1, -0.05) is 24.3 Å². The molecule has 0 amide bonds.